The van der Waals surface area contributed by atoms with Crippen molar-refractivity contribution in [3.8, 4) is 11.5 Å². The lowest BCUT2D eigenvalue weighted by atomic mass is 10.2. The van der Waals surface area contributed by atoms with Gasteiger partial charge >= 0.3 is 17.9 Å². The summed E-state index contributed by atoms with van der Waals surface area (Å²) in [5, 5.41) is 44.8. The molecule has 289 valence electrons. The van der Waals surface area contributed by atoms with Crippen LogP contribution in [0, 0.1) is 0 Å². The summed E-state index contributed by atoms with van der Waals surface area (Å²) in [4.78, 5) is 33.8. The van der Waals surface area contributed by atoms with E-state index in [1.165, 1.54) is 26.4 Å². The average Bonchev–Trinajstić information content (AvgIpc) is 3.67. The van der Waals surface area contributed by atoms with Crippen LogP contribution < -0.4 is 20.1 Å². The lowest BCUT2D eigenvalue weighted by molar-refractivity contribution is 0.0584. The van der Waals surface area contributed by atoms with Gasteiger partial charge in [0.2, 0.25) is 5.65 Å². The second kappa shape index (κ2) is 21.5. The van der Waals surface area contributed by atoms with Crippen molar-refractivity contribution in [2.45, 2.75) is 13.1 Å². The number of ether oxygens (including phenoxy) is 4. The molecule has 0 saturated carbocycles. The van der Waals surface area contributed by atoms with Crippen LogP contribution in [-0.4, -0.2) is 106 Å². The van der Waals surface area contributed by atoms with E-state index in [1.807, 2.05) is 48.5 Å². The number of rotatable bonds is 11. The number of benzene rings is 2. The number of halogens is 3. The first-order valence-corrected chi connectivity index (χ1v) is 16.5. The molecule has 0 aliphatic rings. The summed E-state index contributed by atoms with van der Waals surface area (Å²) in [6, 6.07) is 19.4. The van der Waals surface area contributed by atoms with Crippen molar-refractivity contribution in [1.29, 1.82) is 0 Å². The smallest absolute Gasteiger partial charge is 0.360 e. The van der Waals surface area contributed by atoms with Crippen molar-refractivity contribution in [2.24, 2.45) is 0 Å². The molecule has 0 unspecified atom stereocenters. The zero-order chi connectivity index (χ0) is 39.9. The van der Waals surface area contributed by atoms with Crippen LogP contribution in [0.1, 0.15) is 42.6 Å². The predicted molar refractivity (Wildman–Crippen MR) is 204 cm³/mol. The quantitative estimate of drug-likeness (QED) is 0.120. The highest BCUT2D eigenvalue weighted by atomic mass is 35.5. The fourth-order valence-electron chi connectivity index (χ4n) is 4.20. The van der Waals surface area contributed by atoms with Crippen molar-refractivity contribution in [3.05, 3.63) is 110 Å². The van der Waals surface area contributed by atoms with E-state index < -0.39 is 17.9 Å². The van der Waals surface area contributed by atoms with Gasteiger partial charge < -0.3 is 34.7 Å². The molecule has 0 fully saturated rings. The van der Waals surface area contributed by atoms with Gasteiger partial charge in [-0.05, 0) is 51.9 Å². The summed E-state index contributed by atoms with van der Waals surface area (Å²) in [5.41, 5.74) is 3.08. The third-order valence-electron chi connectivity index (χ3n) is 6.93. The number of esters is 2. The van der Waals surface area contributed by atoms with Gasteiger partial charge in [0.1, 0.15) is 11.5 Å². The fraction of sp³-hybridized carbons (Fsp3) is 0.182. The van der Waals surface area contributed by atoms with E-state index in [1.54, 1.807) is 20.3 Å². The molecule has 3 radical (unpaired) electrons. The molecule has 3 N–H and O–H groups in total. The first-order chi connectivity index (χ1) is 26.5. The van der Waals surface area contributed by atoms with Crippen LogP contribution in [0.4, 0.5) is 11.4 Å². The molecule has 2 aromatic carbocycles. The number of anilines is 2. The zero-order valence-electron chi connectivity index (χ0n) is 29.8. The Bertz CT molecular complexity index is 2250. The second-order valence-corrected chi connectivity index (χ2v) is 11.6. The van der Waals surface area contributed by atoms with Crippen LogP contribution in [0.5, 0.6) is 11.5 Å². The molecule has 6 aromatic rings. The third kappa shape index (κ3) is 12.3. The number of nitrogens with zero attached hydrogens (tertiary/aromatic N) is 9. The Hall–Kier alpha value is -6.38. The van der Waals surface area contributed by atoms with Gasteiger partial charge in [0.25, 0.3) is 0 Å². The maximum Gasteiger partial charge on any atom is 0.360 e. The minimum Gasteiger partial charge on any atom is -0.497 e. The summed E-state index contributed by atoms with van der Waals surface area (Å²) >= 11 is 16.9. The molecule has 4 aromatic heterocycles. The van der Waals surface area contributed by atoms with Gasteiger partial charge in [0.15, 0.2) is 27.4 Å². The predicted octanol–water partition coefficient (Wildman–Crippen LogP) is 4.56. The number of hydrogen-bond acceptors (Lipinski definition) is 17. The zero-order valence-corrected chi connectivity index (χ0v) is 32.1. The van der Waals surface area contributed by atoms with Gasteiger partial charge in [-0.1, -0.05) is 59.1 Å². The monoisotopic (exact) mass is 824 g/mol. The number of carbonyl (C=O) groups is 3. The molecule has 4 heterocycles. The van der Waals surface area contributed by atoms with Crippen LogP contribution in [0.15, 0.2) is 66.7 Å². The largest absolute Gasteiger partial charge is 0.497 e. The molecular formula is C33H30BCl3N11O8. The van der Waals surface area contributed by atoms with Gasteiger partial charge in [-0.15, -0.1) is 35.2 Å². The summed E-state index contributed by atoms with van der Waals surface area (Å²) < 4.78 is 20.3. The highest BCUT2D eigenvalue weighted by molar-refractivity contribution is 6.35. The van der Waals surface area contributed by atoms with E-state index in [-0.39, 0.29) is 40.8 Å². The first kappa shape index (κ1) is 44.0. The van der Waals surface area contributed by atoms with Gasteiger partial charge in [-0.3, -0.25) is 0 Å². The number of nitrogens with one attached hydrogen (secondary N) is 2. The number of carboxylic acids is 1. The number of methoxy groups -OCH3 is 4. The molecule has 0 amide bonds. The van der Waals surface area contributed by atoms with Gasteiger partial charge in [-0.25, -0.2) is 14.4 Å². The van der Waals surface area contributed by atoms with Crippen LogP contribution in [0.25, 0.3) is 5.65 Å². The third-order valence-corrected chi connectivity index (χ3v) is 7.58. The van der Waals surface area contributed by atoms with Crippen molar-refractivity contribution < 1.29 is 38.4 Å². The molecule has 0 bridgehead atoms. The van der Waals surface area contributed by atoms with E-state index >= 15 is 0 Å². The first-order valence-electron chi connectivity index (χ1n) is 15.4. The molecule has 0 saturated heterocycles. The Kier molecular flexibility index (Phi) is 16.9. The summed E-state index contributed by atoms with van der Waals surface area (Å²) in [6.45, 7) is 0.930. The lowest BCUT2D eigenvalue weighted by Gasteiger charge is -2.10. The number of carboxylic acid groups (broad SMARTS) is 1. The number of fused-ring (bicyclic) bond motifs is 1. The molecule has 56 heavy (non-hydrogen) atoms. The Morgan fingerprint density at radius 3 is 1.62 bits per heavy atom. The topological polar surface area (TPSA) is 240 Å². The van der Waals surface area contributed by atoms with Gasteiger partial charge in [-0.2, -0.15) is 0 Å². The Balaban J connectivity index is 0.000000233. The van der Waals surface area contributed by atoms with Crippen LogP contribution in [0.3, 0.4) is 0 Å². The molecule has 19 nitrogen and oxygen atoms in total. The highest BCUT2D eigenvalue weighted by Crippen LogP contribution is 2.20. The van der Waals surface area contributed by atoms with E-state index in [0.29, 0.717) is 30.1 Å². The fourth-order valence-corrected chi connectivity index (χ4v) is 4.77. The van der Waals surface area contributed by atoms with E-state index in [9.17, 15) is 19.5 Å². The van der Waals surface area contributed by atoms with Crippen molar-refractivity contribution >= 4 is 78.1 Å². The Morgan fingerprint density at radius 2 is 1.14 bits per heavy atom. The molecule has 23 heteroatoms. The van der Waals surface area contributed by atoms with Crippen LogP contribution in [-0.2, 0) is 22.6 Å². The SMILES string of the molecule is COC(=O)c1nnc(Cl)cc1Cl.COC(=O)c1nnc(Cl)cc1NCc1ccc(OC)cc1.COc1ccc(CNc2cc3nnnn3nc2C(=O)O)cc1.[B]. The molecule has 0 aliphatic carbocycles. The standard InChI is InChI=1S/C14H14ClN3O3.C13H12N6O3.C6H4Cl2N2O2.B/c1-20-10-5-3-9(4-6-10)8-16-11-7-12(15)17-18-13(11)14(19)21-2;1-22-9-4-2-8(3-5-9)7-14-10-6-11-15-17-18-19(11)16-12(10)13(20)21;1-12-6(11)5-3(7)2-4(8)9-10-5;/h3-7H,8H2,1-2H3,(H,16,17);2-6,14H,7H2,1H3,(H,20,21);2H,1H3;. The lowest BCUT2D eigenvalue weighted by Crippen LogP contribution is -2.12. The maximum absolute atomic E-state index is 11.6. The van der Waals surface area contributed by atoms with Crippen molar-refractivity contribution in [2.75, 3.05) is 39.1 Å². The average molecular weight is 826 g/mol. The molecule has 0 aliphatic heterocycles. The molecule has 0 spiro atoms. The number of aromatic nitrogens is 9. The summed E-state index contributed by atoms with van der Waals surface area (Å²) in [7, 11) is 5.72. The molecule has 6 rings (SSSR count). The van der Waals surface area contributed by atoms with E-state index in [2.05, 4.69) is 61.1 Å². The van der Waals surface area contributed by atoms with Crippen LogP contribution >= 0.6 is 34.8 Å². The van der Waals surface area contributed by atoms with E-state index in [0.717, 1.165) is 27.3 Å². The summed E-state index contributed by atoms with van der Waals surface area (Å²) in [6.07, 6.45) is 0. The molecule has 0 atom stereocenters. The maximum atomic E-state index is 11.6. The van der Waals surface area contributed by atoms with Gasteiger partial charge in [0.05, 0.1) is 44.8 Å². The highest BCUT2D eigenvalue weighted by Gasteiger charge is 2.17. The van der Waals surface area contributed by atoms with Crippen LogP contribution in [0.2, 0.25) is 15.3 Å². The summed E-state index contributed by atoms with van der Waals surface area (Å²) in [5.74, 6) is -0.828. The van der Waals surface area contributed by atoms with Crippen molar-refractivity contribution in [3.63, 3.8) is 0 Å². The van der Waals surface area contributed by atoms with E-state index in [4.69, 9.17) is 44.3 Å². The Morgan fingerprint density at radius 1 is 0.661 bits per heavy atom. The number of tetrazole rings is 1. The van der Waals surface area contributed by atoms with Gasteiger partial charge in [0, 0.05) is 33.6 Å². The molecular weight excluding hydrogens is 796 g/mol. The Labute approximate surface area is 335 Å². The normalized spacial score (nSPS) is 9.98. The number of aromatic carboxylic acids is 1. The number of carbonyl (C=O) groups excluding carboxylic acids is 2. The number of hydrogen-bond donors (Lipinski definition) is 3. The minimum atomic E-state index is -1.16. The minimum absolute atomic E-state index is 0. The van der Waals surface area contributed by atoms with Crippen molar-refractivity contribution in [1.82, 2.24) is 45.6 Å². The second-order valence-electron chi connectivity index (χ2n) is 10.4.